The van der Waals surface area contributed by atoms with E-state index < -0.39 is 23.7 Å². The maximum Gasteiger partial charge on any atom is 0.410 e. The number of carbonyl (C=O) groups excluding carboxylic acids is 3. The number of pyridine rings is 1. The number of hydrogen-bond donors (Lipinski definition) is 1. The fraction of sp³-hybridized carbons (Fsp3) is 0.615. The Kier molecular flexibility index (Phi) is 7.78. The van der Waals surface area contributed by atoms with Crippen molar-refractivity contribution in [2.24, 2.45) is 11.8 Å². The van der Waals surface area contributed by atoms with Crippen molar-refractivity contribution in [2.45, 2.75) is 77.9 Å². The first-order valence-electron chi connectivity index (χ1n) is 12.7. The second-order valence-electron chi connectivity index (χ2n) is 10.6. The van der Waals surface area contributed by atoms with E-state index in [2.05, 4.69) is 10.3 Å². The molecule has 2 aliphatic rings. The van der Waals surface area contributed by atoms with Gasteiger partial charge in [0.05, 0.1) is 12.3 Å². The van der Waals surface area contributed by atoms with E-state index in [1.807, 2.05) is 20.8 Å². The third-order valence-corrected chi connectivity index (χ3v) is 7.25. The second kappa shape index (κ2) is 10.7. The lowest BCUT2D eigenvalue weighted by molar-refractivity contribution is -0.122. The topological polar surface area (TPSA) is 102 Å². The first-order chi connectivity index (χ1) is 17.1. The van der Waals surface area contributed by atoms with E-state index in [1.165, 1.54) is 10.8 Å². The summed E-state index contributed by atoms with van der Waals surface area (Å²) in [6.45, 7) is 7.88. The minimum Gasteiger partial charge on any atom is -0.461 e. The lowest BCUT2D eigenvalue weighted by Gasteiger charge is -2.34. The van der Waals surface area contributed by atoms with E-state index in [0.29, 0.717) is 23.8 Å². The minimum atomic E-state index is -0.652. The molecule has 0 bridgehead atoms. The highest BCUT2D eigenvalue weighted by Crippen LogP contribution is 2.40. The van der Waals surface area contributed by atoms with Gasteiger partial charge < -0.3 is 14.8 Å². The first-order valence-corrected chi connectivity index (χ1v) is 13.1. The van der Waals surface area contributed by atoms with E-state index in [4.69, 9.17) is 21.1 Å². The van der Waals surface area contributed by atoms with Crippen molar-refractivity contribution in [3.05, 3.63) is 29.2 Å². The zero-order valence-corrected chi connectivity index (χ0v) is 22.1. The number of fused-ring (bicyclic) bond motifs is 1. The number of amides is 2. The van der Waals surface area contributed by atoms with Gasteiger partial charge in [0.15, 0.2) is 5.69 Å². The van der Waals surface area contributed by atoms with Gasteiger partial charge in [0, 0.05) is 12.7 Å². The molecular formula is C26H35ClN4O5. The number of esters is 1. The van der Waals surface area contributed by atoms with E-state index in [-0.39, 0.29) is 29.3 Å². The van der Waals surface area contributed by atoms with Gasteiger partial charge in [-0.3, -0.25) is 14.1 Å². The molecule has 10 heteroatoms. The number of hydrogen-bond acceptors (Lipinski definition) is 6. The highest BCUT2D eigenvalue weighted by atomic mass is 35.5. The highest BCUT2D eigenvalue weighted by molar-refractivity contribution is 6.32. The van der Waals surface area contributed by atoms with Crippen LogP contribution >= 0.6 is 11.6 Å². The standard InChI is InChI=1S/C26H35ClN4O5/c1-5-35-24(33)20-22(27)31-15-17(11-12-19(31)29-20)28-23(32)21-18(16-9-7-6-8-10-16)13-14-30(21)25(34)36-26(2,3)4/h11-12,15-16,18,21H,5-10,13-14H2,1-4H3,(H,28,32)/t18-,21-/m0/s1. The van der Waals surface area contributed by atoms with Crippen LogP contribution in [-0.2, 0) is 14.3 Å². The first kappa shape index (κ1) is 26.3. The van der Waals surface area contributed by atoms with Crippen molar-refractivity contribution < 1.29 is 23.9 Å². The Morgan fingerprint density at radius 2 is 1.86 bits per heavy atom. The number of halogens is 1. The van der Waals surface area contributed by atoms with Crippen molar-refractivity contribution >= 4 is 40.9 Å². The Morgan fingerprint density at radius 3 is 2.53 bits per heavy atom. The van der Waals surface area contributed by atoms with Crippen LogP contribution < -0.4 is 5.32 Å². The summed E-state index contributed by atoms with van der Waals surface area (Å²) < 4.78 is 12.2. The number of carbonyl (C=O) groups is 3. The van der Waals surface area contributed by atoms with Gasteiger partial charge in [-0.05, 0) is 58.1 Å². The molecule has 36 heavy (non-hydrogen) atoms. The number of anilines is 1. The number of aromatic nitrogens is 2. The molecule has 2 fully saturated rings. The zero-order chi connectivity index (χ0) is 26.0. The van der Waals surface area contributed by atoms with Crippen molar-refractivity contribution in [1.29, 1.82) is 0 Å². The fourth-order valence-electron chi connectivity index (χ4n) is 5.37. The number of rotatable bonds is 5. The molecule has 0 unspecified atom stereocenters. The Hall–Kier alpha value is -2.81. The lowest BCUT2D eigenvalue weighted by atomic mass is 9.76. The summed E-state index contributed by atoms with van der Waals surface area (Å²) in [7, 11) is 0. The van der Waals surface area contributed by atoms with E-state index in [9.17, 15) is 14.4 Å². The van der Waals surface area contributed by atoms with E-state index in [1.54, 1.807) is 30.2 Å². The van der Waals surface area contributed by atoms with Crippen LogP contribution in [0.3, 0.4) is 0 Å². The zero-order valence-electron chi connectivity index (χ0n) is 21.4. The number of likely N-dealkylation sites (tertiary alicyclic amines) is 1. The number of imidazole rings is 1. The van der Waals surface area contributed by atoms with Crippen LogP contribution in [0.15, 0.2) is 18.3 Å². The van der Waals surface area contributed by atoms with Crippen LogP contribution in [0.25, 0.3) is 5.65 Å². The van der Waals surface area contributed by atoms with Crippen molar-refractivity contribution in [2.75, 3.05) is 18.5 Å². The maximum absolute atomic E-state index is 13.7. The van der Waals surface area contributed by atoms with Gasteiger partial charge in [-0.2, -0.15) is 0 Å². The Balaban J connectivity index is 1.59. The number of nitrogens with zero attached hydrogens (tertiary/aromatic N) is 3. The normalized spacial score (nSPS) is 21.0. The van der Waals surface area contributed by atoms with Crippen LogP contribution in [-0.4, -0.2) is 57.0 Å². The summed E-state index contributed by atoms with van der Waals surface area (Å²) in [6.07, 6.45) is 7.60. The van der Waals surface area contributed by atoms with Gasteiger partial charge in [-0.25, -0.2) is 14.6 Å². The smallest absolute Gasteiger partial charge is 0.410 e. The molecule has 1 aliphatic carbocycles. The largest absolute Gasteiger partial charge is 0.461 e. The molecule has 1 saturated carbocycles. The summed E-state index contributed by atoms with van der Waals surface area (Å²) in [6, 6.07) is 2.75. The van der Waals surface area contributed by atoms with Crippen molar-refractivity contribution in [3.8, 4) is 0 Å². The molecule has 2 aromatic rings. The summed E-state index contributed by atoms with van der Waals surface area (Å²) in [5.41, 5.74) is 0.310. The van der Waals surface area contributed by atoms with Crippen LogP contribution in [0.5, 0.6) is 0 Å². The Bertz CT molecular complexity index is 1140. The van der Waals surface area contributed by atoms with Gasteiger partial charge in [0.25, 0.3) is 0 Å². The quantitative estimate of drug-likeness (QED) is 0.538. The third kappa shape index (κ3) is 5.61. The average Bonchev–Trinajstić information content (AvgIpc) is 3.41. The highest BCUT2D eigenvalue weighted by Gasteiger charge is 2.46. The van der Waals surface area contributed by atoms with Gasteiger partial charge >= 0.3 is 12.1 Å². The van der Waals surface area contributed by atoms with E-state index in [0.717, 1.165) is 32.1 Å². The fourth-order valence-corrected chi connectivity index (χ4v) is 5.62. The van der Waals surface area contributed by atoms with Gasteiger partial charge in [0.1, 0.15) is 22.4 Å². The Morgan fingerprint density at radius 1 is 1.14 bits per heavy atom. The summed E-state index contributed by atoms with van der Waals surface area (Å²) in [5, 5.41) is 3.08. The van der Waals surface area contributed by atoms with Crippen LogP contribution in [0.2, 0.25) is 5.15 Å². The van der Waals surface area contributed by atoms with Crippen LogP contribution in [0.4, 0.5) is 10.5 Å². The molecule has 4 rings (SSSR count). The molecule has 1 aliphatic heterocycles. The molecule has 2 atom stereocenters. The predicted octanol–water partition coefficient (Wildman–Crippen LogP) is 5.31. The molecule has 0 aromatic carbocycles. The van der Waals surface area contributed by atoms with Gasteiger partial charge in [-0.1, -0.05) is 43.7 Å². The molecule has 0 radical (unpaired) electrons. The molecular weight excluding hydrogens is 484 g/mol. The van der Waals surface area contributed by atoms with Gasteiger partial charge in [0.2, 0.25) is 5.91 Å². The van der Waals surface area contributed by atoms with Crippen LogP contribution in [0, 0.1) is 11.8 Å². The lowest BCUT2D eigenvalue weighted by Crippen LogP contribution is -2.49. The molecule has 1 saturated heterocycles. The van der Waals surface area contributed by atoms with Crippen LogP contribution in [0.1, 0.15) is 76.7 Å². The monoisotopic (exact) mass is 518 g/mol. The summed E-state index contributed by atoms with van der Waals surface area (Å²) in [4.78, 5) is 44.7. The maximum atomic E-state index is 13.7. The molecule has 1 N–H and O–H groups in total. The minimum absolute atomic E-state index is 0.0197. The molecule has 9 nitrogen and oxygen atoms in total. The number of nitrogens with one attached hydrogen (secondary N) is 1. The van der Waals surface area contributed by atoms with Crippen molar-refractivity contribution in [1.82, 2.24) is 14.3 Å². The molecule has 0 spiro atoms. The van der Waals surface area contributed by atoms with Crippen molar-refractivity contribution in [3.63, 3.8) is 0 Å². The van der Waals surface area contributed by atoms with E-state index >= 15 is 0 Å². The third-order valence-electron chi connectivity index (χ3n) is 6.89. The van der Waals surface area contributed by atoms with Gasteiger partial charge in [-0.15, -0.1) is 0 Å². The SMILES string of the molecule is CCOC(=O)c1nc2ccc(NC(=O)[C@@H]3[C@H](C4CCCCC4)CCN3C(=O)OC(C)(C)C)cn2c1Cl. The Labute approximate surface area is 216 Å². The summed E-state index contributed by atoms with van der Waals surface area (Å²) in [5.74, 6) is -0.380. The second-order valence-corrected chi connectivity index (χ2v) is 10.9. The molecule has 2 amide bonds. The molecule has 3 heterocycles. The molecule has 196 valence electrons. The average molecular weight is 519 g/mol. The predicted molar refractivity (Wildman–Crippen MR) is 136 cm³/mol. The molecule has 2 aromatic heterocycles. The number of ether oxygens (including phenoxy) is 2. The summed E-state index contributed by atoms with van der Waals surface area (Å²) >= 11 is 6.39.